The fourth-order valence-electron chi connectivity index (χ4n) is 3.00. The fourth-order valence-corrected chi connectivity index (χ4v) is 3.35. The van der Waals surface area contributed by atoms with Crippen molar-refractivity contribution in [3.63, 3.8) is 0 Å². The van der Waals surface area contributed by atoms with Crippen molar-refractivity contribution < 1.29 is 9.59 Å². The molecule has 0 saturated heterocycles. The molecule has 0 atom stereocenters. The van der Waals surface area contributed by atoms with Gasteiger partial charge in [0.2, 0.25) is 0 Å². The van der Waals surface area contributed by atoms with E-state index in [0.29, 0.717) is 30.2 Å². The van der Waals surface area contributed by atoms with Crippen LogP contribution >= 0.6 is 23.2 Å². The molecule has 6 nitrogen and oxygen atoms in total. The predicted molar refractivity (Wildman–Crippen MR) is 102 cm³/mol. The number of aromatic nitrogens is 2. The zero-order chi connectivity index (χ0) is 18.7. The highest BCUT2D eigenvalue weighted by molar-refractivity contribution is 6.44. The van der Waals surface area contributed by atoms with Crippen molar-refractivity contribution in [3.8, 4) is 0 Å². The highest BCUT2D eigenvalue weighted by atomic mass is 35.5. The van der Waals surface area contributed by atoms with E-state index in [0.717, 1.165) is 25.0 Å². The zero-order valence-corrected chi connectivity index (χ0v) is 16.0. The van der Waals surface area contributed by atoms with Gasteiger partial charge in [-0.3, -0.25) is 9.59 Å². The van der Waals surface area contributed by atoms with Crippen molar-refractivity contribution in [3.05, 3.63) is 45.5 Å². The van der Waals surface area contributed by atoms with Gasteiger partial charge in [0.1, 0.15) is 0 Å². The van der Waals surface area contributed by atoms with E-state index in [4.69, 9.17) is 23.2 Å². The van der Waals surface area contributed by atoms with Crippen LogP contribution in [-0.2, 0) is 13.0 Å². The highest BCUT2D eigenvalue weighted by Crippen LogP contribution is 2.30. The Morgan fingerprint density at radius 3 is 2.81 bits per heavy atom. The summed E-state index contributed by atoms with van der Waals surface area (Å²) in [5.41, 5.74) is 1.47. The molecule has 2 N–H and O–H groups in total. The molecule has 1 aliphatic rings. The first-order chi connectivity index (χ1) is 12.5. The van der Waals surface area contributed by atoms with Crippen LogP contribution in [0.25, 0.3) is 0 Å². The van der Waals surface area contributed by atoms with Gasteiger partial charge >= 0.3 is 0 Å². The molecule has 1 aromatic heterocycles. The lowest BCUT2D eigenvalue weighted by molar-refractivity contribution is 0.0937. The van der Waals surface area contributed by atoms with Gasteiger partial charge in [-0.05, 0) is 37.8 Å². The molecule has 0 fully saturated rings. The van der Waals surface area contributed by atoms with E-state index in [1.165, 1.54) is 0 Å². The van der Waals surface area contributed by atoms with Crippen molar-refractivity contribution in [2.24, 2.45) is 0 Å². The van der Waals surface area contributed by atoms with E-state index < -0.39 is 5.91 Å². The van der Waals surface area contributed by atoms with Crippen molar-refractivity contribution in [2.75, 3.05) is 11.9 Å². The van der Waals surface area contributed by atoms with Crippen molar-refractivity contribution >= 4 is 40.7 Å². The number of carbonyl (C=O) groups is 2. The molecule has 0 radical (unpaired) electrons. The quantitative estimate of drug-likeness (QED) is 0.806. The number of hydrogen-bond acceptors (Lipinski definition) is 3. The molecule has 2 aromatic rings. The molecular formula is C18H20Cl2N4O2. The van der Waals surface area contributed by atoms with Gasteiger partial charge in [0.05, 0.1) is 21.4 Å². The summed E-state index contributed by atoms with van der Waals surface area (Å²) in [4.78, 5) is 29.5. The van der Waals surface area contributed by atoms with E-state index in [1.807, 2.05) is 11.5 Å². The van der Waals surface area contributed by atoms with Crippen molar-refractivity contribution in [1.82, 2.24) is 14.9 Å². The number of nitrogens with zero attached hydrogens (tertiary/aromatic N) is 2. The lowest BCUT2D eigenvalue weighted by atomic mass is 10.1. The van der Waals surface area contributed by atoms with Crippen LogP contribution in [0, 0.1) is 0 Å². The Labute approximate surface area is 161 Å². The SMILES string of the molecule is CCCNC(=O)c1nc(C(=O)Nc2cccc(Cl)c2Cl)c2n1CCCC2. The first-order valence-electron chi connectivity index (χ1n) is 8.66. The average Bonchev–Trinajstić information content (AvgIpc) is 3.03. The molecule has 0 spiro atoms. The van der Waals surface area contributed by atoms with Gasteiger partial charge in [-0.25, -0.2) is 4.98 Å². The van der Waals surface area contributed by atoms with E-state index in [9.17, 15) is 9.59 Å². The first kappa shape index (κ1) is 18.7. The van der Waals surface area contributed by atoms with Gasteiger partial charge in [-0.15, -0.1) is 0 Å². The second-order valence-corrected chi connectivity index (χ2v) is 6.94. The topological polar surface area (TPSA) is 76.0 Å². The minimum absolute atomic E-state index is 0.255. The van der Waals surface area contributed by atoms with Crippen LogP contribution in [-0.4, -0.2) is 27.9 Å². The number of rotatable bonds is 5. The Kier molecular flexibility index (Phi) is 5.84. The molecule has 0 bridgehead atoms. The molecule has 138 valence electrons. The van der Waals surface area contributed by atoms with E-state index in [2.05, 4.69) is 15.6 Å². The van der Waals surface area contributed by atoms with Crippen molar-refractivity contribution in [2.45, 2.75) is 39.2 Å². The standard InChI is InChI=1S/C18H20Cl2N4O2/c1-2-9-21-18(26)16-23-15(13-8-3-4-10-24(13)16)17(25)22-12-7-5-6-11(19)14(12)20/h5-7H,2-4,8-10H2,1H3,(H,21,26)(H,22,25). The van der Waals surface area contributed by atoms with E-state index >= 15 is 0 Å². The molecule has 3 rings (SSSR count). The minimum atomic E-state index is -0.394. The van der Waals surface area contributed by atoms with Crippen LogP contribution in [0.1, 0.15) is 53.0 Å². The lowest BCUT2D eigenvalue weighted by Gasteiger charge is -2.17. The van der Waals surface area contributed by atoms with Crippen LogP contribution in [0.5, 0.6) is 0 Å². The van der Waals surface area contributed by atoms with Crippen LogP contribution in [0.2, 0.25) is 10.0 Å². The van der Waals surface area contributed by atoms with Crippen LogP contribution < -0.4 is 10.6 Å². The molecule has 1 aliphatic heterocycles. The third-order valence-electron chi connectivity index (χ3n) is 4.27. The first-order valence-corrected chi connectivity index (χ1v) is 9.41. The van der Waals surface area contributed by atoms with E-state index in [1.54, 1.807) is 18.2 Å². The summed E-state index contributed by atoms with van der Waals surface area (Å²) >= 11 is 12.1. The Morgan fingerprint density at radius 1 is 1.23 bits per heavy atom. The average molecular weight is 395 g/mol. The maximum absolute atomic E-state index is 12.8. The van der Waals surface area contributed by atoms with Gasteiger partial charge in [-0.1, -0.05) is 36.2 Å². The summed E-state index contributed by atoms with van der Waals surface area (Å²) in [6, 6.07) is 5.02. The van der Waals surface area contributed by atoms with Gasteiger partial charge in [0.25, 0.3) is 11.8 Å². The Bertz CT molecular complexity index is 848. The number of carbonyl (C=O) groups excluding carboxylic acids is 2. The normalized spacial score (nSPS) is 13.2. The number of anilines is 1. The summed E-state index contributed by atoms with van der Waals surface area (Å²) in [5, 5.41) is 6.21. The predicted octanol–water partition coefficient (Wildman–Crippen LogP) is 3.92. The molecular weight excluding hydrogens is 375 g/mol. The number of fused-ring (bicyclic) bond motifs is 1. The lowest BCUT2D eigenvalue weighted by Crippen LogP contribution is -2.28. The van der Waals surface area contributed by atoms with Gasteiger partial charge in [0, 0.05) is 13.1 Å². The second kappa shape index (κ2) is 8.10. The Hall–Kier alpha value is -2.05. The van der Waals surface area contributed by atoms with Gasteiger partial charge in [0.15, 0.2) is 11.5 Å². The van der Waals surface area contributed by atoms with E-state index in [-0.39, 0.29) is 22.4 Å². The molecule has 0 unspecified atom stereocenters. The smallest absolute Gasteiger partial charge is 0.287 e. The summed E-state index contributed by atoms with van der Waals surface area (Å²) in [5.74, 6) is -0.361. The summed E-state index contributed by atoms with van der Waals surface area (Å²) in [7, 11) is 0. The number of nitrogens with one attached hydrogen (secondary N) is 2. The Morgan fingerprint density at radius 2 is 2.04 bits per heavy atom. The number of amides is 2. The molecule has 1 aromatic carbocycles. The largest absolute Gasteiger partial charge is 0.349 e. The minimum Gasteiger partial charge on any atom is -0.349 e. The highest BCUT2D eigenvalue weighted by Gasteiger charge is 2.27. The number of halogens is 2. The maximum atomic E-state index is 12.8. The second-order valence-electron chi connectivity index (χ2n) is 6.15. The van der Waals surface area contributed by atoms with Crippen molar-refractivity contribution in [1.29, 1.82) is 0 Å². The number of benzene rings is 1. The molecule has 8 heteroatoms. The third kappa shape index (κ3) is 3.71. The summed E-state index contributed by atoms with van der Waals surface area (Å²) < 4.78 is 1.85. The van der Waals surface area contributed by atoms with Crippen LogP contribution in [0.3, 0.4) is 0 Å². The zero-order valence-electron chi connectivity index (χ0n) is 14.4. The summed E-state index contributed by atoms with van der Waals surface area (Å²) in [6.07, 6.45) is 3.46. The Balaban J connectivity index is 1.91. The number of imidazole rings is 1. The van der Waals surface area contributed by atoms with Crippen LogP contribution in [0.4, 0.5) is 5.69 Å². The molecule has 2 heterocycles. The van der Waals surface area contributed by atoms with Gasteiger partial charge in [-0.2, -0.15) is 0 Å². The summed E-state index contributed by atoms with van der Waals surface area (Å²) in [6.45, 7) is 3.23. The fraction of sp³-hybridized carbons (Fsp3) is 0.389. The van der Waals surface area contributed by atoms with Crippen LogP contribution in [0.15, 0.2) is 18.2 Å². The molecule has 0 saturated carbocycles. The number of hydrogen-bond donors (Lipinski definition) is 2. The molecule has 2 amide bonds. The maximum Gasteiger partial charge on any atom is 0.287 e. The molecule has 0 aliphatic carbocycles. The molecule has 26 heavy (non-hydrogen) atoms. The van der Waals surface area contributed by atoms with Gasteiger partial charge < -0.3 is 15.2 Å². The third-order valence-corrected chi connectivity index (χ3v) is 5.09. The monoisotopic (exact) mass is 394 g/mol.